The van der Waals surface area contributed by atoms with E-state index in [1.165, 1.54) is 6.92 Å². The van der Waals surface area contributed by atoms with Gasteiger partial charge in [0.2, 0.25) is 17.7 Å². The van der Waals surface area contributed by atoms with Crippen molar-refractivity contribution in [2.75, 3.05) is 0 Å². The minimum atomic E-state index is -1.15. The molecular weight excluding hydrogens is 474 g/mol. The molecule has 3 aromatic rings. The van der Waals surface area contributed by atoms with Crippen LogP contribution in [0.1, 0.15) is 49.4 Å². The Bertz CT molecular complexity index is 1310. The Morgan fingerprint density at radius 3 is 2.24 bits per heavy atom. The maximum Gasteiger partial charge on any atom is 0.287 e. The Labute approximate surface area is 214 Å². The lowest BCUT2D eigenvalue weighted by molar-refractivity contribution is -0.137. The van der Waals surface area contributed by atoms with Crippen LogP contribution in [0.5, 0.6) is 0 Å². The number of ketones is 1. The van der Waals surface area contributed by atoms with E-state index in [0.717, 1.165) is 5.39 Å². The quantitative estimate of drug-likeness (QED) is 0.304. The van der Waals surface area contributed by atoms with Crippen LogP contribution in [-0.4, -0.2) is 35.5 Å². The zero-order chi connectivity index (χ0) is 26.7. The molecule has 37 heavy (non-hydrogen) atoms. The number of nitrogens with one attached hydrogen (secondary N) is 3. The first-order valence-electron chi connectivity index (χ1n) is 12.2. The molecule has 1 fully saturated rings. The molecule has 0 saturated carbocycles. The Morgan fingerprint density at radius 2 is 1.62 bits per heavy atom. The number of benzene rings is 2. The van der Waals surface area contributed by atoms with Gasteiger partial charge in [0, 0.05) is 5.39 Å². The van der Waals surface area contributed by atoms with Gasteiger partial charge in [-0.15, -0.1) is 0 Å². The minimum absolute atomic E-state index is 0.115. The lowest BCUT2D eigenvalue weighted by Crippen LogP contribution is -2.49. The highest BCUT2D eigenvalue weighted by molar-refractivity contribution is 6.16. The van der Waals surface area contributed by atoms with Crippen molar-refractivity contribution in [1.29, 1.82) is 0 Å². The number of rotatable bonds is 9. The molecule has 0 aliphatic carbocycles. The molecule has 0 unspecified atom stereocenters. The molecule has 9 heteroatoms. The summed E-state index contributed by atoms with van der Waals surface area (Å²) in [6, 6.07) is 16.2. The van der Waals surface area contributed by atoms with E-state index in [1.807, 2.05) is 24.3 Å². The fourth-order valence-corrected chi connectivity index (χ4v) is 4.51. The average molecular weight is 504 g/mol. The first kappa shape index (κ1) is 25.8. The first-order chi connectivity index (χ1) is 17.7. The summed E-state index contributed by atoms with van der Waals surface area (Å²) in [5.41, 5.74) is 1.27. The summed E-state index contributed by atoms with van der Waals surface area (Å²) >= 11 is 0. The van der Waals surface area contributed by atoms with Crippen LogP contribution in [0.15, 0.2) is 65.1 Å². The smallest absolute Gasteiger partial charge is 0.287 e. The third kappa shape index (κ3) is 5.61. The zero-order valence-corrected chi connectivity index (χ0v) is 20.8. The molecular formula is C28H29N3O6. The van der Waals surface area contributed by atoms with Gasteiger partial charge in [-0.25, -0.2) is 0 Å². The van der Waals surface area contributed by atoms with Crippen LogP contribution in [0.3, 0.4) is 0 Å². The summed E-state index contributed by atoms with van der Waals surface area (Å²) in [6.07, 6.45) is -0.155. The maximum absolute atomic E-state index is 13.2. The SMILES string of the molecule is CC(C)[C@@H](NC(=O)C[C@H](NC(=O)c1cc2ccccc2o1)c1ccccc1)C(=O)[C@@H]1C(=O)NC(=O)[C@H]1C. The van der Waals surface area contributed by atoms with E-state index in [0.29, 0.717) is 11.1 Å². The van der Waals surface area contributed by atoms with E-state index < -0.39 is 53.3 Å². The summed E-state index contributed by atoms with van der Waals surface area (Å²) < 4.78 is 5.66. The topological polar surface area (TPSA) is 135 Å². The van der Waals surface area contributed by atoms with Crippen LogP contribution < -0.4 is 16.0 Å². The van der Waals surface area contributed by atoms with E-state index in [-0.39, 0.29) is 18.1 Å². The van der Waals surface area contributed by atoms with E-state index in [9.17, 15) is 24.0 Å². The molecule has 4 amide bonds. The van der Waals surface area contributed by atoms with Crippen molar-refractivity contribution in [2.45, 2.75) is 39.3 Å². The molecule has 1 aliphatic rings. The Hall–Kier alpha value is -4.27. The molecule has 192 valence electrons. The maximum atomic E-state index is 13.2. The second-order valence-electron chi connectivity index (χ2n) is 9.60. The van der Waals surface area contributed by atoms with Crippen molar-refractivity contribution in [3.05, 3.63) is 72.0 Å². The predicted octanol–water partition coefficient (Wildman–Crippen LogP) is 2.91. The highest BCUT2D eigenvalue weighted by Gasteiger charge is 2.46. The normalized spacial score (nSPS) is 18.9. The van der Waals surface area contributed by atoms with Gasteiger partial charge >= 0.3 is 0 Å². The Balaban J connectivity index is 1.51. The molecule has 1 aliphatic heterocycles. The van der Waals surface area contributed by atoms with Gasteiger partial charge in [0.05, 0.1) is 24.4 Å². The highest BCUT2D eigenvalue weighted by Crippen LogP contribution is 2.25. The number of carbonyl (C=O) groups excluding carboxylic acids is 5. The summed E-state index contributed by atoms with van der Waals surface area (Å²) in [5.74, 6) is -4.81. The van der Waals surface area contributed by atoms with Gasteiger partial charge in [-0.1, -0.05) is 69.3 Å². The largest absolute Gasteiger partial charge is 0.451 e. The predicted molar refractivity (Wildman–Crippen MR) is 135 cm³/mol. The van der Waals surface area contributed by atoms with Crippen molar-refractivity contribution in [3.8, 4) is 0 Å². The van der Waals surface area contributed by atoms with Crippen LogP contribution in [0.2, 0.25) is 0 Å². The highest BCUT2D eigenvalue weighted by atomic mass is 16.3. The summed E-state index contributed by atoms with van der Waals surface area (Å²) in [6.45, 7) is 5.02. The number of imide groups is 1. The van der Waals surface area contributed by atoms with Gasteiger partial charge in [-0.3, -0.25) is 29.3 Å². The zero-order valence-electron chi connectivity index (χ0n) is 20.8. The fraction of sp³-hybridized carbons (Fsp3) is 0.321. The molecule has 2 heterocycles. The van der Waals surface area contributed by atoms with Crippen molar-refractivity contribution in [3.63, 3.8) is 0 Å². The molecule has 4 rings (SSSR count). The Kier molecular flexibility index (Phi) is 7.52. The summed E-state index contributed by atoms with van der Waals surface area (Å²) in [5, 5.41) is 8.55. The summed E-state index contributed by atoms with van der Waals surface area (Å²) in [4.78, 5) is 63.4. The monoisotopic (exact) mass is 503 g/mol. The second-order valence-corrected chi connectivity index (χ2v) is 9.60. The molecule has 4 atom stereocenters. The van der Waals surface area contributed by atoms with Crippen LogP contribution in [-0.2, 0) is 19.2 Å². The second kappa shape index (κ2) is 10.8. The number of carbonyl (C=O) groups is 5. The molecule has 9 nitrogen and oxygen atoms in total. The fourth-order valence-electron chi connectivity index (χ4n) is 4.51. The number of Topliss-reactive ketones (excluding diaryl/α,β-unsaturated/α-hetero) is 1. The van der Waals surface area contributed by atoms with E-state index in [1.54, 1.807) is 50.2 Å². The third-order valence-electron chi connectivity index (χ3n) is 6.58. The van der Waals surface area contributed by atoms with Crippen LogP contribution in [0.4, 0.5) is 0 Å². The third-order valence-corrected chi connectivity index (χ3v) is 6.58. The van der Waals surface area contributed by atoms with Crippen molar-refractivity contribution >= 4 is 40.4 Å². The van der Waals surface area contributed by atoms with E-state index >= 15 is 0 Å². The molecule has 0 spiro atoms. The number of hydrogen-bond donors (Lipinski definition) is 3. The molecule has 2 aromatic carbocycles. The lowest BCUT2D eigenvalue weighted by Gasteiger charge is -2.26. The van der Waals surface area contributed by atoms with Gasteiger partial charge in [-0.2, -0.15) is 0 Å². The van der Waals surface area contributed by atoms with Crippen LogP contribution >= 0.6 is 0 Å². The van der Waals surface area contributed by atoms with Crippen LogP contribution in [0.25, 0.3) is 11.0 Å². The van der Waals surface area contributed by atoms with Gasteiger partial charge in [0.1, 0.15) is 11.5 Å². The number of para-hydroxylation sites is 1. The number of fused-ring (bicyclic) bond motifs is 1. The van der Waals surface area contributed by atoms with E-state index in [4.69, 9.17) is 4.42 Å². The summed E-state index contributed by atoms with van der Waals surface area (Å²) in [7, 11) is 0. The molecule has 0 radical (unpaired) electrons. The van der Waals surface area contributed by atoms with Crippen molar-refractivity contribution in [2.24, 2.45) is 17.8 Å². The average Bonchev–Trinajstić information content (AvgIpc) is 3.42. The minimum Gasteiger partial charge on any atom is -0.451 e. The molecule has 3 N–H and O–H groups in total. The van der Waals surface area contributed by atoms with Gasteiger partial charge < -0.3 is 15.1 Å². The van der Waals surface area contributed by atoms with Gasteiger partial charge in [0.15, 0.2) is 11.5 Å². The number of amides is 4. The van der Waals surface area contributed by atoms with Crippen molar-refractivity contribution in [1.82, 2.24) is 16.0 Å². The van der Waals surface area contributed by atoms with Crippen molar-refractivity contribution < 1.29 is 28.4 Å². The van der Waals surface area contributed by atoms with Gasteiger partial charge in [0.25, 0.3) is 5.91 Å². The van der Waals surface area contributed by atoms with Crippen LogP contribution in [0, 0.1) is 17.8 Å². The lowest BCUT2D eigenvalue weighted by atomic mass is 9.85. The first-order valence-corrected chi connectivity index (χ1v) is 12.2. The molecule has 1 saturated heterocycles. The standard InChI is InChI=1S/C28H29N3O6/c1-15(2)24(25(33)23-16(3)26(34)31-28(23)36)30-22(32)14-19(17-9-5-4-6-10-17)29-27(35)21-13-18-11-7-8-12-20(18)37-21/h4-13,15-16,19,23-24H,14H2,1-3H3,(H,29,35)(H,30,32)(H,31,34,36)/t16-,19-,23+,24+/m0/s1. The number of furan rings is 1. The number of hydrogen-bond acceptors (Lipinski definition) is 6. The van der Waals surface area contributed by atoms with Gasteiger partial charge in [-0.05, 0) is 23.6 Å². The Morgan fingerprint density at radius 1 is 0.946 bits per heavy atom. The molecule has 0 bridgehead atoms. The molecule has 1 aromatic heterocycles. The van der Waals surface area contributed by atoms with E-state index in [2.05, 4.69) is 16.0 Å².